The van der Waals surface area contributed by atoms with Gasteiger partial charge in [0, 0.05) is 6.92 Å². The van der Waals surface area contributed by atoms with Gasteiger partial charge in [-0.25, -0.2) is 4.79 Å². The van der Waals surface area contributed by atoms with Crippen LogP contribution < -0.4 is 0 Å². The zero-order valence-electron chi connectivity index (χ0n) is 6.33. The number of aliphatic hydroxyl groups excluding tert-OH is 1. The Morgan fingerprint density at radius 3 is 2.27 bits per heavy atom. The van der Waals surface area contributed by atoms with Crippen molar-refractivity contribution < 1.29 is 24.5 Å². The molecule has 5 nitrogen and oxygen atoms in total. The van der Waals surface area contributed by atoms with E-state index in [0.29, 0.717) is 0 Å². The summed E-state index contributed by atoms with van der Waals surface area (Å²) in [4.78, 5) is 20.8. The lowest BCUT2D eigenvalue weighted by atomic mass is 10.1. The van der Waals surface area contributed by atoms with Gasteiger partial charge in [0.25, 0.3) is 0 Å². The van der Waals surface area contributed by atoms with E-state index < -0.39 is 24.1 Å². The monoisotopic (exact) mass is 162 g/mol. The maximum atomic E-state index is 10.7. The molecule has 0 bridgehead atoms. The molecule has 0 amide bonds. The molecule has 2 N–H and O–H groups in total. The molecule has 0 spiro atoms. The molecule has 0 saturated heterocycles. The second kappa shape index (κ2) is 3.45. The summed E-state index contributed by atoms with van der Waals surface area (Å²) in [6.45, 7) is 1.31. The average molecular weight is 162 g/mol. The van der Waals surface area contributed by atoms with E-state index in [2.05, 4.69) is 4.74 Å². The van der Waals surface area contributed by atoms with Crippen molar-refractivity contribution in [2.45, 2.75) is 19.4 Å². The lowest BCUT2D eigenvalue weighted by molar-refractivity contribution is -0.174. The molecule has 1 atom stereocenters. The Bertz CT molecular complexity index is 172. The predicted octanol–water partition coefficient (Wildman–Crippen LogP) is -1.18. The Morgan fingerprint density at radius 2 is 2.00 bits per heavy atom. The van der Waals surface area contributed by atoms with Gasteiger partial charge in [-0.1, -0.05) is 0 Å². The summed E-state index contributed by atoms with van der Waals surface area (Å²) < 4.78 is 4.02. The fourth-order valence-electron chi connectivity index (χ4n) is 0.305. The number of ether oxygens (including phenoxy) is 1. The van der Waals surface area contributed by atoms with Crippen LogP contribution in [-0.4, -0.2) is 34.4 Å². The van der Waals surface area contributed by atoms with E-state index in [4.69, 9.17) is 10.2 Å². The number of carbonyl (C=O) groups excluding carboxylic acids is 2. The molecule has 0 heterocycles. The van der Waals surface area contributed by atoms with Crippen molar-refractivity contribution in [3.63, 3.8) is 0 Å². The van der Waals surface area contributed by atoms with Crippen molar-refractivity contribution in [2.75, 3.05) is 6.61 Å². The van der Waals surface area contributed by atoms with E-state index in [1.807, 2.05) is 0 Å². The normalized spacial score (nSPS) is 15.3. The third-order valence-corrected chi connectivity index (χ3v) is 0.984. The molecule has 11 heavy (non-hydrogen) atoms. The first kappa shape index (κ1) is 10.1. The van der Waals surface area contributed by atoms with Crippen LogP contribution in [0.15, 0.2) is 0 Å². The Kier molecular flexibility index (Phi) is 3.16. The van der Waals surface area contributed by atoms with E-state index in [9.17, 15) is 9.59 Å². The van der Waals surface area contributed by atoms with Crippen LogP contribution in [0.5, 0.6) is 0 Å². The summed E-state index contributed by atoms with van der Waals surface area (Å²) in [7, 11) is 0. The van der Waals surface area contributed by atoms with Crippen LogP contribution >= 0.6 is 0 Å². The molecule has 0 saturated carbocycles. The maximum Gasteiger partial charge on any atom is 0.347 e. The summed E-state index contributed by atoms with van der Waals surface area (Å²) >= 11 is 0. The molecule has 0 rings (SSSR count). The highest BCUT2D eigenvalue weighted by Gasteiger charge is 2.32. The first-order valence-corrected chi connectivity index (χ1v) is 2.96. The molecule has 0 aliphatic rings. The molecule has 0 aliphatic carbocycles. The molecular formula is C6H10O5. The minimum absolute atomic E-state index is 0.779. The average Bonchev–Trinajstić information content (AvgIpc) is 1.86. The molecular weight excluding hydrogens is 152 g/mol. The molecule has 5 heteroatoms. The third kappa shape index (κ3) is 3.10. The maximum absolute atomic E-state index is 10.7. The lowest BCUT2D eigenvalue weighted by Crippen LogP contribution is -2.41. The Labute approximate surface area is 63.6 Å². The Hall–Kier alpha value is -0.940. The van der Waals surface area contributed by atoms with Gasteiger partial charge in [0.2, 0.25) is 0 Å². The fraction of sp³-hybridized carbons (Fsp3) is 0.667. The third-order valence-electron chi connectivity index (χ3n) is 0.984. The number of hydrogen-bond acceptors (Lipinski definition) is 5. The highest BCUT2D eigenvalue weighted by molar-refractivity contribution is 5.89. The minimum Gasteiger partial charge on any atom is -0.393 e. The van der Waals surface area contributed by atoms with Gasteiger partial charge >= 0.3 is 11.9 Å². The molecule has 0 aromatic rings. The zero-order chi connectivity index (χ0) is 9.07. The van der Waals surface area contributed by atoms with Crippen LogP contribution in [0.4, 0.5) is 0 Å². The van der Waals surface area contributed by atoms with E-state index in [1.54, 1.807) is 0 Å². The van der Waals surface area contributed by atoms with E-state index >= 15 is 0 Å². The molecule has 64 valence electrons. The van der Waals surface area contributed by atoms with Crippen molar-refractivity contribution >= 4 is 11.9 Å². The molecule has 0 radical (unpaired) electrons. The van der Waals surface area contributed by atoms with Gasteiger partial charge in [-0.3, -0.25) is 4.79 Å². The van der Waals surface area contributed by atoms with Crippen LogP contribution in [0, 0.1) is 0 Å². The quantitative estimate of drug-likeness (QED) is 0.394. The van der Waals surface area contributed by atoms with Gasteiger partial charge in [0.1, 0.15) is 0 Å². The van der Waals surface area contributed by atoms with Crippen LogP contribution in [0.2, 0.25) is 0 Å². The summed E-state index contributed by atoms with van der Waals surface area (Å²) in [5.74, 6) is -1.96. The first-order valence-electron chi connectivity index (χ1n) is 2.96. The second-order valence-electron chi connectivity index (χ2n) is 2.31. The molecule has 0 aromatic carbocycles. The van der Waals surface area contributed by atoms with Gasteiger partial charge in [0.05, 0.1) is 6.61 Å². The second-order valence-corrected chi connectivity index (χ2v) is 2.31. The fourth-order valence-corrected chi connectivity index (χ4v) is 0.305. The van der Waals surface area contributed by atoms with E-state index in [-0.39, 0.29) is 0 Å². The SMILES string of the molecule is CC(=O)OC(=O)C(C)(O)CO. The molecule has 0 aliphatic heterocycles. The minimum atomic E-state index is -1.99. The summed E-state index contributed by atoms with van der Waals surface area (Å²) in [5.41, 5.74) is -1.99. The highest BCUT2D eigenvalue weighted by Crippen LogP contribution is 2.04. The Morgan fingerprint density at radius 1 is 1.55 bits per heavy atom. The molecule has 0 aromatic heterocycles. The van der Waals surface area contributed by atoms with Crippen molar-refractivity contribution in [2.24, 2.45) is 0 Å². The summed E-state index contributed by atoms with van der Waals surface area (Å²) in [6, 6.07) is 0. The zero-order valence-corrected chi connectivity index (χ0v) is 6.33. The summed E-state index contributed by atoms with van der Waals surface area (Å²) in [5, 5.41) is 17.4. The number of carbonyl (C=O) groups is 2. The number of hydrogen-bond donors (Lipinski definition) is 2. The van der Waals surface area contributed by atoms with E-state index in [0.717, 1.165) is 13.8 Å². The van der Waals surface area contributed by atoms with Crippen molar-refractivity contribution in [1.82, 2.24) is 0 Å². The van der Waals surface area contributed by atoms with Crippen LogP contribution in [-0.2, 0) is 14.3 Å². The predicted molar refractivity (Wildman–Crippen MR) is 34.5 cm³/mol. The molecule has 0 fully saturated rings. The van der Waals surface area contributed by atoms with Gasteiger partial charge in [-0.15, -0.1) is 0 Å². The highest BCUT2D eigenvalue weighted by atomic mass is 16.6. The van der Waals surface area contributed by atoms with Crippen molar-refractivity contribution in [3.8, 4) is 0 Å². The first-order chi connectivity index (χ1) is 4.90. The number of aliphatic hydroxyl groups is 2. The van der Waals surface area contributed by atoms with Gasteiger partial charge in [-0.2, -0.15) is 0 Å². The topological polar surface area (TPSA) is 83.8 Å². The van der Waals surface area contributed by atoms with Gasteiger partial charge in [0.15, 0.2) is 5.60 Å². The number of rotatable bonds is 2. The van der Waals surface area contributed by atoms with Crippen molar-refractivity contribution in [1.29, 1.82) is 0 Å². The number of esters is 2. The lowest BCUT2D eigenvalue weighted by Gasteiger charge is -2.16. The molecule has 1 unspecified atom stereocenters. The largest absolute Gasteiger partial charge is 0.393 e. The van der Waals surface area contributed by atoms with Gasteiger partial charge in [-0.05, 0) is 6.92 Å². The van der Waals surface area contributed by atoms with Crippen molar-refractivity contribution in [3.05, 3.63) is 0 Å². The Balaban J connectivity index is 4.13. The standard InChI is InChI=1S/C6H10O5/c1-4(8)11-5(9)6(2,10)3-7/h7,10H,3H2,1-2H3. The van der Waals surface area contributed by atoms with Crippen LogP contribution in [0.1, 0.15) is 13.8 Å². The summed E-state index contributed by atoms with van der Waals surface area (Å²) in [6.07, 6.45) is 0. The van der Waals surface area contributed by atoms with Crippen LogP contribution in [0.25, 0.3) is 0 Å². The van der Waals surface area contributed by atoms with Gasteiger partial charge < -0.3 is 14.9 Å². The van der Waals surface area contributed by atoms with E-state index in [1.165, 1.54) is 0 Å². The smallest absolute Gasteiger partial charge is 0.347 e. The van der Waals surface area contributed by atoms with Crippen LogP contribution in [0.3, 0.4) is 0 Å².